The maximum Gasteiger partial charge on any atom is 0.362 e. The van der Waals surface area contributed by atoms with Gasteiger partial charge in [0.05, 0.1) is 11.8 Å². The molecule has 1 aromatic heterocycles. The summed E-state index contributed by atoms with van der Waals surface area (Å²) < 4.78 is 0.857. The highest BCUT2D eigenvalue weighted by Crippen LogP contribution is 2.46. The first kappa shape index (κ1) is 19.3. The third kappa shape index (κ3) is 2.75. The van der Waals surface area contributed by atoms with Crippen LogP contribution in [0, 0.1) is 25.2 Å². The number of aromatic carboxylic acids is 1. The summed E-state index contributed by atoms with van der Waals surface area (Å²) in [6.45, 7) is 3.70. The number of carboxylic acids is 1. The lowest BCUT2D eigenvalue weighted by atomic mass is 9.73. The Morgan fingerprint density at radius 1 is 1.23 bits per heavy atom. The number of hydrogen-bond donors (Lipinski definition) is 2. The van der Waals surface area contributed by atoms with Crippen molar-refractivity contribution in [3.63, 3.8) is 0 Å². The van der Waals surface area contributed by atoms with E-state index in [2.05, 4.69) is 11.2 Å². The van der Waals surface area contributed by atoms with E-state index in [4.69, 9.17) is 5.11 Å². The Bertz CT molecular complexity index is 1340. The van der Waals surface area contributed by atoms with Gasteiger partial charge in [-0.05, 0) is 66.6 Å². The molecule has 8 nitrogen and oxygen atoms in total. The van der Waals surface area contributed by atoms with Gasteiger partial charge in [-0.25, -0.2) is 9.59 Å². The maximum atomic E-state index is 12.3. The van der Waals surface area contributed by atoms with Crippen LogP contribution in [0.15, 0.2) is 46.0 Å². The van der Waals surface area contributed by atoms with Gasteiger partial charge in [-0.3, -0.25) is 9.78 Å². The summed E-state index contributed by atoms with van der Waals surface area (Å²) in [5.74, 6) is -1.53. The van der Waals surface area contributed by atoms with Crippen molar-refractivity contribution >= 4 is 5.97 Å². The monoisotopic (exact) mass is 402 g/mol. The van der Waals surface area contributed by atoms with Crippen molar-refractivity contribution < 1.29 is 9.90 Å². The molecule has 3 aromatic rings. The second-order valence-corrected chi connectivity index (χ2v) is 7.45. The van der Waals surface area contributed by atoms with Gasteiger partial charge in [0.25, 0.3) is 5.56 Å². The number of fused-ring (bicyclic) bond motifs is 1. The van der Waals surface area contributed by atoms with Crippen molar-refractivity contribution in [1.29, 1.82) is 5.26 Å². The lowest BCUT2D eigenvalue weighted by Crippen LogP contribution is -2.36. The maximum absolute atomic E-state index is 12.3. The van der Waals surface area contributed by atoms with Crippen molar-refractivity contribution in [3.8, 4) is 11.8 Å². The van der Waals surface area contributed by atoms with Gasteiger partial charge in [-0.2, -0.15) is 15.0 Å². The molecule has 0 spiro atoms. The summed E-state index contributed by atoms with van der Waals surface area (Å²) >= 11 is 0. The number of aryl methyl sites for hydroxylation is 3. The molecule has 0 saturated carbocycles. The summed E-state index contributed by atoms with van der Waals surface area (Å²) in [6.07, 6.45) is 1.46. The van der Waals surface area contributed by atoms with Crippen LogP contribution in [0.3, 0.4) is 0 Å². The van der Waals surface area contributed by atoms with E-state index >= 15 is 0 Å². The molecule has 1 aliphatic carbocycles. The molecule has 150 valence electrons. The average molecular weight is 402 g/mol. The van der Waals surface area contributed by atoms with E-state index in [9.17, 15) is 19.6 Å². The van der Waals surface area contributed by atoms with Crippen LogP contribution in [0.1, 0.15) is 44.7 Å². The van der Waals surface area contributed by atoms with Gasteiger partial charge in [-0.15, -0.1) is 0 Å². The third-order valence-electron chi connectivity index (χ3n) is 5.66. The summed E-state index contributed by atoms with van der Waals surface area (Å²) in [7, 11) is 0. The number of hydrogen-bond acceptors (Lipinski definition) is 5. The molecule has 2 aromatic carbocycles. The zero-order chi connectivity index (χ0) is 21.6. The number of nitriles is 1. The van der Waals surface area contributed by atoms with Crippen molar-refractivity contribution in [2.75, 3.05) is 0 Å². The van der Waals surface area contributed by atoms with Crippen LogP contribution in [-0.2, 0) is 11.8 Å². The van der Waals surface area contributed by atoms with Gasteiger partial charge in [-0.1, -0.05) is 24.3 Å². The van der Waals surface area contributed by atoms with E-state index < -0.39 is 28.3 Å². The van der Waals surface area contributed by atoms with Crippen LogP contribution in [0.2, 0.25) is 0 Å². The van der Waals surface area contributed by atoms with Gasteiger partial charge in [0.2, 0.25) is 5.69 Å². The molecule has 0 bridgehead atoms. The van der Waals surface area contributed by atoms with Crippen molar-refractivity contribution in [1.82, 2.24) is 14.8 Å². The van der Waals surface area contributed by atoms with E-state index in [1.807, 2.05) is 43.1 Å². The van der Waals surface area contributed by atoms with Crippen molar-refractivity contribution in [3.05, 3.63) is 90.7 Å². The molecule has 0 fully saturated rings. The van der Waals surface area contributed by atoms with E-state index in [1.54, 1.807) is 12.1 Å². The number of H-pyrrole nitrogens is 1. The topological polar surface area (TPSA) is 129 Å². The molecule has 0 saturated heterocycles. The Morgan fingerprint density at radius 2 is 1.90 bits per heavy atom. The SMILES string of the molecule is Cc1cc(-n2nc(C(=O)O)c(=O)[nH]c2=O)cc(C)c1C1(C#N)CCc2ccccc21. The Hall–Kier alpha value is -3.99. The smallest absolute Gasteiger partial charge is 0.362 e. The van der Waals surface area contributed by atoms with E-state index in [0.717, 1.165) is 38.9 Å². The molecule has 2 N–H and O–H groups in total. The number of carboxylic acid groups (broad SMARTS) is 1. The van der Waals surface area contributed by atoms with Crippen LogP contribution in [0.5, 0.6) is 0 Å². The molecule has 1 atom stereocenters. The summed E-state index contributed by atoms with van der Waals surface area (Å²) in [6, 6.07) is 13.8. The molecule has 0 radical (unpaired) electrons. The lowest BCUT2D eigenvalue weighted by molar-refractivity contribution is 0.0685. The Labute approximate surface area is 171 Å². The molecular formula is C22H18N4O4. The first-order chi connectivity index (χ1) is 14.3. The van der Waals surface area contributed by atoms with E-state index in [-0.39, 0.29) is 0 Å². The Balaban J connectivity index is 1.93. The highest BCUT2D eigenvalue weighted by Gasteiger charge is 2.42. The first-order valence-electron chi connectivity index (χ1n) is 9.37. The fourth-order valence-electron chi connectivity index (χ4n) is 4.49. The molecule has 4 rings (SSSR count). The molecule has 1 heterocycles. The van der Waals surface area contributed by atoms with Crippen LogP contribution >= 0.6 is 0 Å². The minimum absolute atomic E-state index is 0.317. The van der Waals surface area contributed by atoms with Gasteiger partial charge in [0, 0.05) is 0 Å². The van der Waals surface area contributed by atoms with Gasteiger partial charge < -0.3 is 5.11 Å². The minimum Gasteiger partial charge on any atom is -0.476 e. The summed E-state index contributed by atoms with van der Waals surface area (Å²) in [4.78, 5) is 37.2. The zero-order valence-corrected chi connectivity index (χ0v) is 16.4. The number of benzene rings is 2. The second-order valence-electron chi connectivity index (χ2n) is 7.45. The number of aromatic nitrogens is 3. The Kier molecular flexibility index (Phi) is 4.39. The van der Waals surface area contributed by atoms with Gasteiger partial charge in [0.1, 0.15) is 5.41 Å². The predicted molar refractivity (Wildman–Crippen MR) is 108 cm³/mol. The molecule has 0 amide bonds. The highest BCUT2D eigenvalue weighted by atomic mass is 16.4. The average Bonchev–Trinajstić information content (AvgIpc) is 3.07. The van der Waals surface area contributed by atoms with E-state index in [0.29, 0.717) is 12.1 Å². The Morgan fingerprint density at radius 3 is 2.53 bits per heavy atom. The predicted octanol–water partition coefficient (Wildman–Crippen LogP) is 1.99. The molecule has 1 aliphatic rings. The molecule has 30 heavy (non-hydrogen) atoms. The van der Waals surface area contributed by atoms with Crippen molar-refractivity contribution in [2.45, 2.75) is 32.1 Å². The fraction of sp³-hybridized carbons (Fsp3) is 0.227. The number of nitrogens with zero attached hydrogens (tertiary/aromatic N) is 3. The standard InChI is InChI=1S/C22H18N4O4/c1-12-9-15(26-21(30)24-19(27)18(25-26)20(28)29)10-13(2)17(12)22(11-23)8-7-14-5-3-4-6-16(14)22/h3-6,9-10H,7-8H2,1-2H3,(H,28,29)(H,24,27,30). The number of carbonyl (C=O) groups is 1. The normalized spacial score (nSPS) is 17.4. The summed E-state index contributed by atoms with van der Waals surface area (Å²) in [5.41, 5.74) is 1.42. The number of nitrogens with one attached hydrogen (secondary N) is 1. The van der Waals surface area contributed by atoms with Crippen molar-refractivity contribution in [2.24, 2.45) is 0 Å². The lowest BCUT2D eigenvalue weighted by Gasteiger charge is -2.27. The molecule has 1 unspecified atom stereocenters. The molecular weight excluding hydrogens is 384 g/mol. The molecule has 8 heteroatoms. The van der Waals surface area contributed by atoms with Crippen LogP contribution < -0.4 is 11.2 Å². The number of rotatable bonds is 3. The number of aromatic amines is 1. The fourth-order valence-corrected chi connectivity index (χ4v) is 4.49. The van der Waals surface area contributed by atoms with Crippen LogP contribution in [-0.4, -0.2) is 25.8 Å². The third-order valence-corrected chi connectivity index (χ3v) is 5.66. The van der Waals surface area contributed by atoms with Crippen LogP contribution in [0.25, 0.3) is 5.69 Å². The summed E-state index contributed by atoms with van der Waals surface area (Å²) in [5, 5.41) is 23.1. The highest BCUT2D eigenvalue weighted by molar-refractivity contribution is 5.84. The van der Waals surface area contributed by atoms with Crippen LogP contribution in [0.4, 0.5) is 0 Å². The molecule has 0 aliphatic heterocycles. The van der Waals surface area contributed by atoms with Gasteiger partial charge >= 0.3 is 11.7 Å². The first-order valence-corrected chi connectivity index (χ1v) is 9.37. The largest absolute Gasteiger partial charge is 0.476 e. The van der Waals surface area contributed by atoms with E-state index in [1.165, 1.54) is 0 Å². The minimum atomic E-state index is -1.53. The quantitative estimate of drug-likeness (QED) is 0.689. The zero-order valence-electron chi connectivity index (χ0n) is 16.4. The second kappa shape index (κ2) is 6.81. The van der Waals surface area contributed by atoms with Gasteiger partial charge in [0.15, 0.2) is 0 Å².